The van der Waals surface area contributed by atoms with Crippen LogP contribution in [0, 0.1) is 6.92 Å². The first-order valence-corrected chi connectivity index (χ1v) is 10.2. The van der Waals surface area contributed by atoms with Crippen molar-refractivity contribution in [2.45, 2.75) is 26.8 Å². The van der Waals surface area contributed by atoms with Crippen molar-refractivity contribution in [3.63, 3.8) is 0 Å². The molecule has 0 fully saturated rings. The van der Waals surface area contributed by atoms with Gasteiger partial charge >= 0.3 is 0 Å². The number of thiazole rings is 1. The summed E-state index contributed by atoms with van der Waals surface area (Å²) in [5.41, 5.74) is 2.23. The van der Waals surface area contributed by atoms with E-state index < -0.39 is 0 Å². The third-order valence-electron chi connectivity index (χ3n) is 4.38. The zero-order valence-corrected chi connectivity index (χ0v) is 17.6. The van der Waals surface area contributed by atoms with Crippen molar-refractivity contribution >= 4 is 44.2 Å². The number of aromatic nitrogens is 3. The predicted octanol–water partition coefficient (Wildman–Crippen LogP) is 4.07. The van der Waals surface area contributed by atoms with Crippen LogP contribution >= 0.6 is 22.9 Å². The van der Waals surface area contributed by atoms with E-state index in [-0.39, 0.29) is 5.91 Å². The van der Waals surface area contributed by atoms with Gasteiger partial charge in [-0.3, -0.25) is 14.4 Å². The molecule has 0 saturated heterocycles. The van der Waals surface area contributed by atoms with Crippen molar-refractivity contribution in [2.75, 3.05) is 32.1 Å². The molecule has 0 bridgehead atoms. The lowest BCUT2D eigenvalue weighted by Crippen LogP contribution is -2.33. The quantitative estimate of drug-likeness (QED) is 0.594. The maximum absolute atomic E-state index is 13.2. The maximum Gasteiger partial charge on any atom is 0.280 e. The van der Waals surface area contributed by atoms with Crippen LogP contribution in [0.15, 0.2) is 24.4 Å². The molecule has 1 amide bonds. The zero-order chi connectivity index (χ0) is 19.6. The third kappa shape index (κ3) is 4.31. The Morgan fingerprint density at radius 3 is 2.70 bits per heavy atom. The van der Waals surface area contributed by atoms with E-state index in [4.69, 9.17) is 16.6 Å². The molecule has 2 heterocycles. The molecule has 2 aromatic heterocycles. The minimum Gasteiger partial charge on any atom is -0.309 e. The highest BCUT2D eigenvalue weighted by atomic mass is 35.5. The molecule has 0 N–H and O–H groups in total. The summed E-state index contributed by atoms with van der Waals surface area (Å²) >= 11 is 7.75. The lowest BCUT2D eigenvalue weighted by molar-refractivity contribution is 0.0980. The Morgan fingerprint density at radius 2 is 2.04 bits per heavy atom. The van der Waals surface area contributed by atoms with Gasteiger partial charge in [-0.25, -0.2) is 4.98 Å². The summed E-state index contributed by atoms with van der Waals surface area (Å²) in [6.07, 6.45) is 2.68. The number of aryl methyl sites for hydroxylation is 2. The number of benzene rings is 1. The van der Waals surface area contributed by atoms with Crippen LogP contribution in [0.5, 0.6) is 0 Å². The Bertz CT molecular complexity index is 949. The van der Waals surface area contributed by atoms with E-state index in [1.54, 1.807) is 15.6 Å². The molecule has 144 valence electrons. The van der Waals surface area contributed by atoms with Crippen LogP contribution in [0.25, 0.3) is 10.2 Å². The molecule has 0 atom stereocenters. The smallest absolute Gasteiger partial charge is 0.280 e. The van der Waals surface area contributed by atoms with Gasteiger partial charge in [0.2, 0.25) is 0 Å². The number of hydrogen-bond donors (Lipinski definition) is 0. The van der Waals surface area contributed by atoms with Crippen molar-refractivity contribution in [3.8, 4) is 0 Å². The van der Waals surface area contributed by atoms with Crippen molar-refractivity contribution in [2.24, 2.45) is 0 Å². The van der Waals surface area contributed by atoms with E-state index in [0.717, 1.165) is 35.3 Å². The largest absolute Gasteiger partial charge is 0.309 e. The number of fused-ring (bicyclic) bond motifs is 1. The highest BCUT2D eigenvalue weighted by Gasteiger charge is 2.23. The average molecular weight is 406 g/mol. The first-order valence-electron chi connectivity index (χ1n) is 8.96. The topological polar surface area (TPSA) is 54.3 Å². The van der Waals surface area contributed by atoms with Crippen LogP contribution in [0.3, 0.4) is 0 Å². The van der Waals surface area contributed by atoms with Gasteiger partial charge in [0.15, 0.2) is 10.8 Å². The average Bonchev–Trinajstić information content (AvgIpc) is 3.28. The summed E-state index contributed by atoms with van der Waals surface area (Å²) in [6.45, 7) is 6.16. The zero-order valence-electron chi connectivity index (χ0n) is 16.1. The van der Waals surface area contributed by atoms with E-state index in [2.05, 4.69) is 10.00 Å². The normalized spacial score (nSPS) is 11.5. The standard InChI is InChI=1S/C19H24ClN5OS/c1-5-24-12-9-15(22-24)18(26)25(11-6-10-23(3)4)19-21-17-13(2)14(20)7-8-16(17)27-19/h7-9,12H,5-6,10-11H2,1-4H3. The Hall–Kier alpha value is -1.96. The van der Waals surface area contributed by atoms with Gasteiger partial charge in [0, 0.05) is 24.3 Å². The molecule has 0 spiro atoms. The third-order valence-corrected chi connectivity index (χ3v) is 5.84. The second kappa shape index (κ2) is 8.37. The van der Waals surface area contributed by atoms with E-state index in [0.29, 0.717) is 22.4 Å². The Morgan fingerprint density at radius 1 is 1.26 bits per heavy atom. The number of amides is 1. The summed E-state index contributed by atoms with van der Waals surface area (Å²) in [7, 11) is 4.05. The molecule has 8 heteroatoms. The van der Waals surface area contributed by atoms with E-state index in [1.165, 1.54) is 11.3 Å². The summed E-state index contributed by atoms with van der Waals surface area (Å²) in [6, 6.07) is 5.60. The predicted molar refractivity (Wildman–Crippen MR) is 112 cm³/mol. The van der Waals surface area contributed by atoms with Gasteiger partial charge in [0.25, 0.3) is 5.91 Å². The Labute approximate surface area is 168 Å². The van der Waals surface area contributed by atoms with Crippen molar-refractivity contribution in [1.29, 1.82) is 0 Å². The second-order valence-corrected chi connectivity index (χ2v) is 8.10. The van der Waals surface area contributed by atoms with Crippen LogP contribution in [0.4, 0.5) is 5.13 Å². The fourth-order valence-corrected chi connectivity index (χ4v) is 4.03. The van der Waals surface area contributed by atoms with Gasteiger partial charge < -0.3 is 4.90 Å². The molecular weight excluding hydrogens is 382 g/mol. The summed E-state index contributed by atoms with van der Waals surface area (Å²) in [4.78, 5) is 21.7. The number of nitrogens with zero attached hydrogens (tertiary/aromatic N) is 5. The molecule has 6 nitrogen and oxygen atoms in total. The van der Waals surface area contributed by atoms with Crippen LogP contribution in [-0.2, 0) is 6.54 Å². The number of carbonyl (C=O) groups excluding carboxylic acids is 1. The summed E-state index contributed by atoms with van der Waals surface area (Å²) < 4.78 is 2.78. The molecule has 0 saturated carbocycles. The SMILES string of the molecule is CCn1ccc(C(=O)N(CCCN(C)C)c2nc3c(C)c(Cl)ccc3s2)n1. The van der Waals surface area contributed by atoms with Gasteiger partial charge in [-0.15, -0.1) is 0 Å². The van der Waals surface area contributed by atoms with Crippen molar-refractivity contribution in [3.05, 3.63) is 40.7 Å². The van der Waals surface area contributed by atoms with Gasteiger partial charge in [0.05, 0.1) is 10.2 Å². The van der Waals surface area contributed by atoms with Gasteiger partial charge in [0.1, 0.15) is 0 Å². The summed E-state index contributed by atoms with van der Waals surface area (Å²) in [5, 5.41) is 5.75. The molecule has 27 heavy (non-hydrogen) atoms. The number of rotatable bonds is 7. The van der Waals surface area contributed by atoms with Gasteiger partial charge in [-0.05, 0) is 64.7 Å². The molecule has 3 aromatic rings. The molecule has 0 aliphatic carbocycles. The van der Waals surface area contributed by atoms with Crippen LogP contribution in [0.1, 0.15) is 29.4 Å². The molecular formula is C19H24ClN5OS. The molecule has 0 aliphatic heterocycles. The maximum atomic E-state index is 13.2. The summed E-state index contributed by atoms with van der Waals surface area (Å²) in [5.74, 6) is -0.122. The first-order chi connectivity index (χ1) is 12.9. The fraction of sp³-hybridized carbons (Fsp3) is 0.421. The highest BCUT2D eigenvalue weighted by molar-refractivity contribution is 7.22. The minimum absolute atomic E-state index is 0.122. The first kappa shape index (κ1) is 19.8. The number of carbonyl (C=O) groups is 1. The Balaban J connectivity index is 1.96. The lowest BCUT2D eigenvalue weighted by atomic mass is 10.2. The highest BCUT2D eigenvalue weighted by Crippen LogP contribution is 2.34. The lowest BCUT2D eigenvalue weighted by Gasteiger charge is -2.20. The van der Waals surface area contributed by atoms with Gasteiger partial charge in [-0.1, -0.05) is 22.9 Å². The van der Waals surface area contributed by atoms with Crippen LogP contribution < -0.4 is 4.90 Å². The van der Waals surface area contributed by atoms with Crippen LogP contribution in [0.2, 0.25) is 5.02 Å². The van der Waals surface area contributed by atoms with E-state index >= 15 is 0 Å². The fourth-order valence-electron chi connectivity index (χ4n) is 2.82. The minimum atomic E-state index is -0.122. The molecule has 1 aromatic carbocycles. The number of hydrogen-bond acceptors (Lipinski definition) is 5. The van der Waals surface area contributed by atoms with E-state index in [1.807, 2.05) is 46.3 Å². The van der Waals surface area contributed by atoms with Crippen LogP contribution in [-0.4, -0.2) is 52.8 Å². The second-order valence-electron chi connectivity index (χ2n) is 6.69. The molecule has 0 unspecified atom stereocenters. The van der Waals surface area contributed by atoms with Crippen molar-refractivity contribution in [1.82, 2.24) is 19.7 Å². The monoisotopic (exact) mass is 405 g/mol. The Kier molecular flexibility index (Phi) is 6.14. The molecule has 3 rings (SSSR count). The number of halogens is 1. The van der Waals surface area contributed by atoms with Crippen molar-refractivity contribution < 1.29 is 4.79 Å². The van der Waals surface area contributed by atoms with E-state index in [9.17, 15) is 4.79 Å². The van der Waals surface area contributed by atoms with Gasteiger partial charge in [-0.2, -0.15) is 5.10 Å². The molecule has 0 aliphatic rings. The molecule has 0 radical (unpaired) electrons. The number of anilines is 1.